The van der Waals surface area contributed by atoms with E-state index in [2.05, 4.69) is 24.4 Å². The first-order valence-electron chi connectivity index (χ1n) is 5.57. The van der Waals surface area contributed by atoms with Crippen molar-refractivity contribution in [2.45, 2.75) is 32.4 Å². The lowest BCUT2D eigenvalue weighted by atomic mass is 9.98. The first kappa shape index (κ1) is 13.2. The maximum atomic E-state index is 9.23. The molecule has 1 atom stereocenters. The fraction of sp³-hybridized carbons (Fsp3) is 0.538. The van der Waals surface area contributed by atoms with Gasteiger partial charge in [0.05, 0.1) is 18.8 Å². The Balaban J connectivity index is 2.80. The molecule has 1 rings (SSSR count). The first-order valence-corrected chi connectivity index (χ1v) is 5.57. The van der Waals surface area contributed by atoms with E-state index in [0.29, 0.717) is 0 Å². The number of hydrogen-bond donors (Lipinski definition) is 3. The highest BCUT2D eigenvalue weighted by Gasteiger charge is 2.24. The first-order chi connectivity index (χ1) is 7.52. The molecule has 0 fully saturated rings. The summed E-state index contributed by atoms with van der Waals surface area (Å²) < 4.78 is 0. The van der Waals surface area contributed by atoms with Crippen molar-refractivity contribution >= 4 is 0 Å². The summed E-state index contributed by atoms with van der Waals surface area (Å²) in [6.45, 7) is 5.73. The van der Waals surface area contributed by atoms with Crippen LogP contribution in [0.15, 0.2) is 24.3 Å². The van der Waals surface area contributed by atoms with Gasteiger partial charge in [-0.3, -0.25) is 0 Å². The van der Waals surface area contributed by atoms with E-state index in [4.69, 9.17) is 0 Å². The Morgan fingerprint density at radius 1 is 1.25 bits per heavy atom. The summed E-state index contributed by atoms with van der Waals surface area (Å²) in [5.41, 5.74) is 1.76. The Labute approximate surface area is 97.1 Å². The van der Waals surface area contributed by atoms with Crippen LogP contribution in [0.2, 0.25) is 0 Å². The van der Waals surface area contributed by atoms with E-state index in [0.717, 1.165) is 0 Å². The molecule has 1 aromatic rings. The largest absolute Gasteiger partial charge is 0.394 e. The minimum Gasteiger partial charge on any atom is -0.394 e. The molecule has 16 heavy (non-hydrogen) atoms. The zero-order chi connectivity index (χ0) is 12.2. The van der Waals surface area contributed by atoms with Crippen molar-refractivity contribution in [2.75, 3.05) is 13.2 Å². The van der Waals surface area contributed by atoms with Gasteiger partial charge in [-0.2, -0.15) is 0 Å². The second kappa shape index (κ2) is 5.43. The lowest BCUT2D eigenvalue weighted by Gasteiger charge is -2.31. The summed E-state index contributed by atoms with van der Waals surface area (Å²) in [7, 11) is 0. The van der Waals surface area contributed by atoms with Crippen LogP contribution < -0.4 is 5.32 Å². The van der Waals surface area contributed by atoms with Crippen LogP contribution in [-0.2, 0) is 0 Å². The number of nitrogens with one attached hydrogen (secondary N) is 1. The average Bonchev–Trinajstić information content (AvgIpc) is 2.29. The van der Waals surface area contributed by atoms with Gasteiger partial charge in [-0.05, 0) is 31.9 Å². The average molecular weight is 223 g/mol. The van der Waals surface area contributed by atoms with Gasteiger partial charge < -0.3 is 15.5 Å². The molecule has 0 saturated carbocycles. The van der Waals surface area contributed by atoms with E-state index in [1.807, 2.05) is 26.0 Å². The van der Waals surface area contributed by atoms with Crippen LogP contribution in [0, 0.1) is 6.92 Å². The van der Waals surface area contributed by atoms with E-state index in [-0.39, 0.29) is 19.3 Å². The summed E-state index contributed by atoms with van der Waals surface area (Å²) in [5, 5.41) is 21.7. The van der Waals surface area contributed by atoms with Crippen LogP contribution in [-0.4, -0.2) is 29.0 Å². The summed E-state index contributed by atoms with van der Waals surface area (Å²) in [4.78, 5) is 0. The molecule has 3 heteroatoms. The Morgan fingerprint density at radius 3 is 2.31 bits per heavy atom. The summed E-state index contributed by atoms with van der Waals surface area (Å²) in [6.07, 6.45) is 0. The van der Waals surface area contributed by atoms with Gasteiger partial charge in [-0.25, -0.2) is 0 Å². The van der Waals surface area contributed by atoms with Crippen molar-refractivity contribution in [1.82, 2.24) is 5.32 Å². The summed E-state index contributed by atoms with van der Waals surface area (Å²) in [6, 6.07) is 8.22. The minimum atomic E-state index is -0.637. The molecule has 0 aliphatic rings. The van der Waals surface area contributed by atoms with Gasteiger partial charge in [0.1, 0.15) is 0 Å². The molecule has 0 radical (unpaired) electrons. The van der Waals surface area contributed by atoms with Crippen LogP contribution in [0.25, 0.3) is 0 Å². The van der Waals surface area contributed by atoms with Gasteiger partial charge in [0, 0.05) is 6.04 Å². The fourth-order valence-electron chi connectivity index (χ4n) is 1.81. The molecule has 0 bridgehead atoms. The number of benzene rings is 1. The maximum Gasteiger partial charge on any atom is 0.0633 e. The molecule has 3 nitrogen and oxygen atoms in total. The summed E-state index contributed by atoms with van der Waals surface area (Å²) >= 11 is 0. The Bertz CT molecular complexity index is 334. The van der Waals surface area contributed by atoms with Crippen molar-refractivity contribution in [3.8, 4) is 0 Å². The second-order valence-corrected chi connectivity index (χ2v) is 4.60. The van der Waals surface area contributed by atoms with E-state index in [1.165, 1.54) is 11.1 Å². The van der Waals surface area contributed by atoms with Crippen molar-refractivity contribution < 1.29 is 10.2 Å². The van der Waals surface area contributed by atoms with Gasteiger partial charge in [-0.1, -0.05) is 24.3 Å². The van der Waals surface area contributed by atoms with Crippen LogP contribution in [0.3, 0.4) is 0 Å². The highest BCUT2D eigenvalue weighted by Crippen LogP contribution is 2.19. The third kappa shape index (κ3) is 3.04. The van der Waals surface area contributed by atoms with Gasteiger partial charge in [-0.15, -0.1) is 0 Å². The predicted molar refractivity (Wildman–Crippen MR) is 65.3 cm³/mol. The molecule has 0 heterocycles. The smallest absolute Gasteiger partial charge is 0.0633 e. The van der Waals surface area contributed by atoms with Crippen molar-refractivity contribution in [1.29, 1.82) is 0 Å². The molecule has 0 saturated heterocycles. The Kier molecular flexibility index (Phi) is 4.47. The molecule has 0 aromatic heterocycles. The monoisotopic (exact) mass is 223 g/mol. The topological polar surface area (TPSA) is 52.5 Å². The number of aliphatic hydroxyl groups is 2. The number of aliphatic hydroxyl groups excluding tert-OH is 2. The molecule has 0 aliphatic carbocycles. The molecule has 90 valence electrons. The van der Waals surface area contributed by atoms with E-state index < -0.39 is 5.54 Å². The maximum absolute atomic E-state index is 9.23. The van der Waals surface area contributed by atoms with Gasteiger partial charge >= 0.3 is 0 Å². The zero-order valence-electron chi connectivity index (χ0n) is 10.2. The SMILES string of the molecule is Cc1ccccc1C(C)NC(C)(CO)CO. The Morgan fingerprint density at radius 2 is 1.81 bits per heavy atom. The number of rotatable bonds is 5. The molecule has 0 aliphatic heterocycles. The van der Waals surface area contributed by atoms with Gasteiger partial charge in [0.15, 0.2) is 0 Å². The number of aryl methyl sites for hydroxylation is 1. The highest BCUT2D eigenvalue weighted by molar-refractivity contribution is 5.28. The van der Waals surface area contributed by atoms with E-state index in [1.54, 1.807) is 0 Å². The van der Waals surface area contributed by atoms with E-state index in [9.17, 15) is 10.2 Å². The Hall–Kier alpha value is -0.900. The molecular formula is C13H21NO2. The third-order valence-electron chi connectivity index (χ3n) is 2.92. The van der Waals surface area contributed by atoms with Gasteiger partial charge in [0.2, 0.25) is 0 Å². The molecule has 1 aromatic carbocycles. The lowest BCUT2D eigenvalue weighted by molar-refractivity contribution is 0.0957. The minimum absolute atomic E-state index is 0.0836. The molecular weight excluding hydrogens is 202 g/mol. The second-order valence-electron chi connectivity index (χ2n) is 4.60. The molecule has 3 N–H and O–H groups in total. The highest BCUT2D eigenvalue weighted by atomic mass is 16.3. The van der Waals surface area contributed by atoms with Crippen molar-refractivity contribution in [3.05, 3.63) is 35.4 Å². The van der Waals surface area contributed by atoms with Crippen LogP contribution in [0.5, 0.6) is 0 Å². The molecule has 1 unspecified atom stereocenters. The van der Waals surface area contributed by atoms with E-state index >= 15 is 0 Å². The predicted octanol–water partition coefficient (Wildman–Crippen LogP) is 1.39. The normalized spacial score (nSPS) is 13.8. The van der Waals surface area contributed by atoms with Crippen LogP contribution >= 0.6 is 0 Å². The quantitative estimate of drug-likeness (QED) is 0.707. The summed E-state index contributed by atoms with van der Waals surface area (Å²) in [5.74, 6) is 0. The molecule has 0 amide bonds. The lowest BCUT2D eigenvalue weighted by Crippen LogP contribution is -2.50. The number of hydrogen-bond acceptors (Lipinski definition) is 3. The fourth-order valence-corrected chi connectivity index (χ4v) is 1.81. The third-order valence-corrected chi connectivity index (χ3v) is 2.92. The van der Waals surface area contributed by atoms with Gasteiger partial charge in [0.25, 0.3) is 0 Å². The van der Waals surface area contributed by atoms with Crippen LogP contribution in [0.1, 0.15) is 31.0 Å². The van der Waals surface area contributed by atoms with Crippen LogP contribution in [0.4, 0.5) is 0 Å². The standard InChI is InChI=1S/C13H21NO2/c1-10-6-4-5-7-12(10)11(2)14-13(3,8-15)9-16/h4-7,11,14-16H,8-9H2,1-3H3. The van der Waals surface area contributed by atoms with Crippen molar-refractivity contribution in [2.24, 2.45) is 0 Å². The van der Waals surface area contributed by atoms with Crippen molar-refractivity contribution in [3.63, 3.8) is 0 Å². The molecule has 0 spiro atoms. The zero-order valence-corrected chi connectivity index (χ0v) is 10.2.